The Bertz CT molecular complexity index is 1620. The van der Waals surface area contributed by atoms with Gasteiger partial charge in [0, 0.05) is 13.8 Å². The van der Waals surface area contributed by atoms with Crippen molar-refractivity contribution < 1.29 is 136 Å². The van der Waals surface area contributed by atoms with E-state index in [2.05, 4.69) is 14.8 Å². The van der Waals surface area contributed by atoms with Gasteiger partial charge in [0.25, 0.3) is 0 Å². The molecule has 4 heterocycles. The van der Waals surface area contributed by atoms with E-state index in [1.165, 1.54) is 6.92 Å². The van der Waals surface area contributed by atoms with E-state index in [9.17, 15) is 94.1 Å². The van der Waals surface area contributed by atoms with Crippen molar-refractivity contribution in [3.8, 4) is 0 Å². The lowest BCUT2D eigenvalue weighted by Gasteiger charge is -2.50. The predicted molar refractivity (Wildman–Crippen MR) is 201 cm³/mol. The van der Waals surface area contributed by atoms with Crippen LogP contribution in [0.3, 0.4) is 0 Å². The Labute approximate surface area is 369 Å². The Morgan fingerprint density at radius 1 is 0.615 bits per heavy atom. The highest BCUT2D eigenvalue weighted by Gasteiger charge is 2.56. The van der Waals surface area contributed by atoms with Crippen LogP contribution in [0.4, 0.5) is 0 Å². The fourth-order valence-electron chi connectivity index (χ4n) is 7.50. The molecule has 0 spiro atoms. The number of hydrogen-bond acceptors (Lipinski definition) is 27. The van der Waals surface area contributed by atoms with E-state index >= 15 is 0 Å². The molecule has 0 aromatic heterocycles. The number of aliphatic hydroxyl groups is 14. The third-order valence-corrected chi connectivity index (χ3v) is 11.4. The minimum atomic E-state index is -5.33. The van der Waals surface area contributed by atoms with Crippen molar-refractivity contribution in [3.05, 3.63) is 0 Å². The zero-order valence-corrected chi connectivity index (χ0v) is 35.6. The second-order valence-corrected chi connectivity index (χ2v) is 16.8. The first-order valence-corrected chi connectivity index (χ1v) is 21.4. The summed E-state index contributed by atoms with van der Waals surface area (Å²) in [6.45, 7) is -2.09. The number of aliphatic hydroxyl groups excluding tert-OH is 14. The normalized spacial score (nSPS) is 42.4. The van der Waals surface area contributed by atoms with Gasteiger partial charge in [-0.1, -0.05) is 0 Å². The van der Waals surface area contributed by atoms with Gasteiger partial charge in [-0.15, -0.1) is 0 Å². The number of hydrogen-bond donors (Lipinski definition) is 17. The highest BCUT2D eigenvalue weighted by Crippen LogP contribution is 2.35. The molecule has 4 fully saturated rings. The molecular weight excluding hydrogens is 916 g/mol. The van der Waals surface area contributed by atoms with Gasteiger partial charge in [0.2, 0.25) is 11.8 Å². The molecule has 0 aromatic rings. The molecule has 17 N–H and O–H groups in total. The Morgan fingerprint density at radius 2 is 1.15 bits per heavy atom. The summed E-state index contributed by atoms with van der Waals surface area (Å²) >= 11 is 0. The maximum Gasteiger partial charge on any atom is 0.397 e. The zero-order chi connectivity index (χ0) is 48.8. The third kappa shape index (κ3) is 13.6. The molecule has 4 aliphatic heterocycles. The van der Waals surface area contributed by atoms with Crippen LogP contribution in [-0.4, -0.2) is 276 Å². The molecule has 4 aliphatic rings. The largest absolute Gasteiger partial charge is 0.397 e. The third-order valence-electron chi connectivity index (χ3n) is 10.9. The van der Waals surface area contributed by atoms with Crippen LogP contribution in [0.15, 0.2) is 0 Å². The van der Waals surface area contributed by atoms with Crippen molar-refractivity contribution in [1.82, 2.24) is 10.6 Å². The summed E-state index contributed by atoms with van der Waals surface area (Å²) in [4.78, 5) is 24.4. The average Bonchev–Trinajstić information content (AvgIpc) is 3.25. The number of nitrogens with one attached hydrogen (secondary N) is 2. The smallest absolute Gasteiger partial charge is 0.394 e. The van der Waals surface area contributed by atoms with Crippen molar-refractivity contribution in [2.45, 2.75) is 168 Å². The minimum absolute atomic E-state index is 0.762. The van der Waals surface area contributed by atoms with Crippen molar-refractivity contribution in [3.63, 3.8) is 0 Å². The van der Waals surface area contributed by atoms with E-state index in [4.69, 9.17) is 37.9 Å². The van der Waals surface area contributed by atoms with Gasteiger partial charge in [0.05, 0.1) is 45.2 Å². The Kier molecular flexibility index (Phi) is 20.5. The molecule has 65 heavy (non-hydrogen) atoms. The molecule has 0 aliphatic carbocycles. The molecule has 4 rings (SSSR count). The van der Waals surface area contributed by atoms with E-state index in [-0.39, 0.29) is 0 Å². The first kappa shape index (κ1) is 55.5. The minimum Gasteiger partial charge on any atom is -0.394 e. The van der Waals surface area contributed by atoms with Crippen LogP contribution in [0.5, 0.6) is 0 Å². The van der Waals surface area contributed by atoms with Crippen LogP contribution in [0.1, 0.15) is 20.8 Å². The Balaban J connectivity index is 1.67. The first-order valence-electron chi connectivity index (χ1n) is 20.0. The topological polar surface area (TPSA) is 479 Å². The summed E-state index contributed by atoms with van der Waals surface area (Å²) in [5.41, 5.74) is 0. The van der Waals surface area contributed by atoms with Crippen LogP contribution < -0.4 is 10.6 Å². The SMILES string of the molecule is CC(=O)N[C@H]1[C@H](O[C@@H]2[C@H](O)[C@@H](O)[C@H](O[C@@H]([C@@H](O)[C@H](O)CO)[C@H](CO)NC(C)=O)O[C@@H]2CO)O[C@H](COS(=O)(=O)O)[C@@H](O[C@@H]2O[C@H](CO)[C@H](O)[C@H](O)[C@H]2O[C@@H]2O[C@@H](C)[C@@H](O)[C@@H](O)[C@@H]2O)[C@@H]1O. The van der Waals surface area contributed by atoms with E-state index in [1.54, 1.807) is 0 Å². The highest BCUT2D eigenvalue weighted by molar-refractivity contribution is 7.80. The molecule has 0 unspecified atom stereocenters. The van der Waals surface area contributed by atoms with E-state index < -0.39 is 202 Å². The van der Waals surface area contributed by atoms with Gasteiger partial charge in [-0.05, 0) is 6.92 Å². The molecule has 0 saturated carbocycles. The van der Waals surface area contributed by atoms with Crippen LogP contribution in [0, 0.1) is 0 Å². The molecule has 0 radical (unpaired) electrons. The van der Waals surface area contributed by atoms with E-state index in [0.29, 0.717) is 0 Å². The molecule has 24 atom stereocenters. The molecule has 380 valence electrons. The lowest BCUT2D eigenvalue weighted by Crippen LogP contribution is -2.70. The lowest BCUT2D eigenvalue weighted by atomic mass is 9.94. The summed E-state index contributed by atoms with van der Waals surface area (Å²) in [7, 11) is -5.33. The molecule has 31 heteroatoms. The monoisotopic (exact) mass is 976 g/mol. The van der Waals surface area contributed by atoms with Gasteiger partial charge in [-0.3, -0.25) is 14.1 Å². The predicted octanol–water partition coefficient (Wildman–Crippen LogP) is -11.1. The second kappa shape index (κ2) is 24.0. The fourth-order valence-corrected chi connectivity index (χ4v) is 7.81. The molecule has 4 saturated heterocycles. The lowest BCUT2D eigenvalue weighted by molar-refractivity contribution is -0.388. The van der Waals surface area contributed by atoms with Crippen molar-refractivity contribution in [1.29, 1.82) is 0 Å². The summed E-state index contributed by atoms with van der Waals surface area (Å²) < 4.78 is 83.0. The number of ether oxygens (including phenoxy) is 8. The zero-order valence-electron chi connectivity index (χ0n) is 34.8. The van der Waals surface area contributed by atoms with Crippen LogP contribution in [0.2, 0.25) is 0 Å². The fraction of sp³-hybridized carbons (Fsp3) is 0.941. The quantitative estimate of drug-likeness (QED) is 0.0504. The standard InChI is InChI=1S/C34H60N2O28S/c1-9-18(44)22(48)25(51)32(57-9)64-30-23(49)20(46)14(6-39)58-34(30)63-29-16(8-56-65(53,54)55)60-31(17(21(29)47)36-11(3)42)62-28-15(7-40)59-33(26(52)24(28)50)61-27(19(45)13(43)5-38)12(4-37)35-10(2)41/h9,12-34,37-40,43-52H,4-8H2,1-3H3,(H,35,41)(H,36,42)(H,53,54,55)/t9-,12-,13+,14+,15+,16+,17+,18+,19-,20-,21+,22+,23-,24+,25-,26+,27+,28-,29+,30+,31-,32-,33-,34-/m0/s1. The number of carbonyl (C=O) groups is 2. The molecular formula is C34H60N2O28S. The van der Waals surface area contributed by atoms with Crippen molar-refractivity contribution in [2.24, 2.45) is 0 Å². The van der Waals surface area contributed by atoms with Crippen LogP contribution in [-0.2, 0) is 62.1 Å². The van der Waals surface area contributed by atoms with E-state index in [0.717, 1.165) is 13.8 Å². The van der Waals surface area contributed by atoms with Crippen LogP contribution >= 0.6 is 0 Å². The maximum absolute atomic E-state index is 12.5. The van der Waals surface area contributed by atoms with Gasteiger partial charge in [-0.25, -0.2) is 4.18 Å². The van der Waals surface area contributed by atoms with Gasteiger partial charge in [0.1, 0.15) is 110 Å². The average molecular weight is 977 g/mol. The summed E-state index contributed by atoms with van der Waals surface area (Å²) in [5.74, 6) is -1.67. The van der Waals surface area contributed by atoms with Crippen molar-refractivity contribution >= 4 is 22.2 Å². The highest BCUT2D eigenvalue weighted by atomic mass is 32.3. The summed E-state index contributed by atoms with van der Waals surface area (Å²) in [5, 5.41) is 152. The number of rotatable bonds is 20. The molecule has 0 aromatic carbocycles. The first-order chi connectivity index (χ1) is 30.4. The van der Waals surface area contributed by atoms with Gasteiger partial charge in [0.15, 0.2) is 25.2 Å². The van der Waals surface area contributed by atoms with E-state index in [1.807, 2.05) is 0 Å². The van der Waals surface area contributed by atoms with Gasteiger partial charge < -0.3 is 120 Å². The molecule has 0 bridgehead atoms. The molecule has 2 amide bonds. The van der Waals surface area contributed by atoms with Gasteiger partial charge >= 0.3 is 10.4 Å². The summed E-state index contributed by atoms with van der Waals surface area (Å²) in [6.07, 6.45) is -43.0. The number of carbonyl (C=O) groups excluding carboxylic acids is 2. The van der Waals surface area contributed by atoms with Crippen molar-refractivity contribution in [2.75, 3.05) is 33.0 Å². The summed E-state index contributed by atoms with van der Waals surface area (Å²) in [6, 6.07) is -3.42. The van der Waals surface area contributed by atoms with Crippen LogP contribution in [0.25, 0.3) is 0 Å². The maximum atomic E-state index is 12.5. The second-order valence-electron chi connectivity index (χ2n) is 15.7. The molecule has 30 nitrogen and oxygen atoms in total. The number of amides is 2. The van der Waals surface area contributed by atoms with Gasteiger partial charge in [-0.2, -0.15) is 8.42 Å². The Morgan fingerprint density at radius 3 is 1.71 bits per heavy atom. The Hall–Kier alpha value is -2.07.